The van der Waals surface area contributed by atoms with Gasteiger partial charge >= 0.3 is 0 Å². The third-order valence-corrected chi connectivity index (χ3v) is 4.83. The summed E-state index contributed by atoms with van der Waals surface area (Å²) in [5.74, 6) is 0.439. The maximum Gasteiger partial charge on any atom is 0.124 e. The number of halogens is 2. The molecule has 114 valence electrons. The number of rotatable bonds is 6. The summed E-state index contributed by atoms with van der Waals surface area (Å²) in [4.78, 5) is 0. The Labute approximate surface area is 131 Å². The second-order valence-electron chi connectivity index (χ2n) is 6.70. The van der Waals surface area contributed by atoms with Crippen LogP contribution in [0.4, 0.5) is 4.39 Å². The van der Waals surface area contributed by atoms with Crippen molar-refractivity contribution in [2.45, 2.75) is 53.5 Å². The fourth-order valence-electron chi connectivity index (χ4n) is 2.26. The fraction of sp³-hybridized carbons (Fsp3) is 0.647. The molecule has 1 aromatic rings. The number of hydrogen-bond acceptors (Lipinski definition) is 1. The topological polar surface area (TPSA) is 12.0 Å². The SMILES string of the molecule is CCNC(Cc1ccc(F)cc1Br)CC(C)C(C)(C)C. The number of nitrogens with one attached hydrogen (secondary N) is 1. The maximum absolute atomic E-state index is 13.2. The van der Waals surface area contributed by atoms with Crippen LogP contribution in [0.3, 0.4) is 0 Å². The van der Waals surface area contributed by atoms with E-state index < -0.39 is 0 Å². The van der Waals surface area contributed by atoms with Crippen LogP contribution in [-0.4, -0.2) is 12.6 Å². The third kappa shape index (κ3) is 5.53. The summed E-state index contributed by atoms with van der Waals surface area (Å²) in [7, 11) is 0. The number of benzene rings is 1. The van der Waals surface area contributed by atoms with Crippen molar-refractivity contribution in [2.24, 2.45) is 11.3 Å². The molecule has 0 radical (unpaired) electrons. The molecule has 0 saturated carbocycles. The molecule has 0 heterocycles. The molecule has 2 unspecified atom stereocenters. The Balaban J connectivity index is 2.76. The van der Waals surface area contributed by atoms with Gasteiger partial charge in [-0.2, -0.15) is 0 Å². The van der Waals surface area contributed by atoms with E-state index in [0.29, 0.717) is 17.4 Å². The van der Waals surface area contributed by atoms with E-state index in [-0.39, 0.29) is 5.82 Å². The van der Waals surface area contributed by atoms with Crippen molar-refractivity contribution in [3.8, 4) is 0 Å². The zero-order valence-corrected chi connectivity index (χ0v) is 14.8. The minimum Gasteiger partial charge on any atom is -0.314 e. The van der Waals surface area contributed by atoms with E-state index in [2.05, 4.69) is 55.9 Å². The second kappa shape index (κ2) is 7.56. The van der Waals surface area contributed by atoms with Gasteiger partial charge < -0.3 is 5.32 Å². The van der Waals surface area contributed by atoms with Crippen molar-refractivity contribution < 1.29 is 4.39 Å². The first-order valence-electron chi connectivity index (χ1n) is 7.41. The molecule has 0 aliphatic carbocycles. The van der Waals surface area contributed by atoms with Crippen LogP contribution >= 0.6 is 15.9 Å². The average molecular weight is 344 g/mol. The number of likely N-dealkylation sites (N-methyl/N-ethyl adjacent to an activating group) is 1. The van der Waals surface area contributed by atoms with Crippen molar-refractivity contribution >= 4 is 15.9 Å². The highest BCUT2D eigenvalue weighted by Gasteiger charge is 2.23. The normalized spacial score (nSPS) is 15.2. The second-order valence-corrected chi connectivity index (χ2v) is 7.55. The van der Waals surface area contributed by atoms with Crippen LogP contribution in [0.5, 0.6) is 0 Å². The van der Waals surface area contributed by atoms with E-state index in [9.17, 15) is 4.39 Å². The summed E-state index contributed by atoms with van der Waals surface area (Å²) < 4.78 is 14.0. The third-order valence-electron chi connectivity index (χ3n) is 4.09. The lowest BCUT2D eigenvalue weighted by atomic mass is 9.78. The minimum atomic E-state index is -0.191. The van der Waals surface area contributed by atoms with Gasteiger partial charge in [0.2, 0.25) is 0 Å². The molecule has 1 aromatic carbocycles. The highest BCUT2D eigenvalue weighted by Crippen LogP contribution is 2.30. The molecular formula is C17H27BrFN. The molecule has 0 fully saturated rings. The Bertz CT molecular complexity index is 425. The minimum absolute atomic E-state index is 0.191. The highest BCUT2D eigenvalue weighted by molar-refractivity contribution is 9.10. The first-order chi connectivity index (χ1) is 9.24. The van der Waals surface area contributed by atoms with Crippen LogP contribution in [0.2, 0.25) is 0 Å². The molecule has 0 spiro atoms. The molecule has 1 N–H and O–H groups in total. The van der Waals surface area contributed by atoms with E-state index >= 15 is 0 Å². The molecule has 0 aromatic heterocycles. The lowest BCUT2D eigenvalue weighted by molar-refractivity contribution is 0.222. The zero-order chi connectivity index (χ0) is 15.3. The summed E-state index contributed by atoms with van der Waals surface area (Å²) in [6.07, 6.45) is 2.05. The summed E-state index contributed by atoms with van der Waals surface area (Å²) in [5, 5.41) is 3.56. The molecule has 3 heteroatoms. The smallest absolute Gasteiger partial charge is 0.124 e. The Morgan fingerprint density at radius 2 is 1.95 bits per heavy atom. The summed E-state index contributed by atoms with van der Waals surface area (Å²) in [6, 6.07) is 5.39. The van der Waals surface area contributed by atoms with Gasteiger partial charge in [0, 0.05) is 10.5 Å². The van der Waals surface area contributed by atoms with Crippen LogP contribution in [-0.2, 0) is 6.42 Å². The van der Waals surface area contributed by atoms with Crippen molar-refractivity contribution in [2.75, 3.05) is 6.54 Å². The summed E-state index contributed by atoms with van der Waals surface area (Å²) >= 11 is 3.46. The molecule has 0 aliphatic heterocycles. The van der Waals surface area contributed by atoms with Gasteiger partial charge in [-0.05, 0) is 48.4 Å². The molecule has 0 saturated heterocycles. The highest BCUT2D eigenvalue weighted by atomic mass is 79.9. The van der Waals surface area contributed by atoms with Crippen LogP contribution in [0.1, 0.15) is 46.6 Å². The summed E-state index contributed by atoms with van der Waals surface area (Å²) in [6.45, 7) is 12.3. The molecule has 0 aliphatic rings. The summed E-state index contributed by atoms with van der Waals surface area (Å²) in [5.41, 5.74) is 1.48. The first kappa shape index (κ1) is 17.6. The Kier molecular flexibility index (Phi) is 6.67. The van der Waals surface area contributed by atoms with E-state index in [1.54, 1.807) is 6.07 Å². The Morgan fingerprint density at radius 3 is 2.45 bits per heavy atom. The number of hydrogen-bond donors (Lipinski definition) is 1. The molecule has 1 nitrogen and oxygen atoms in total. The van der Waals surface area contributed by atoms with Gasteiger partial charge in [0.25, 0.3) is 0 Å². The largest absolute Gasteiger partial charge is 0.314 e. The fourth-order valence-corrected chi connectivity index (χ4v) is 2.77. The van der Waals surface area contributed by atoms with E-state index in [0.717, 1.165) is 23.9 Å². The van der Waals surface area contributed by atoms with Gasteiger partial charge in [-0.1, -0.05) is 56.6 Å². The lowest BCUT2D eigenvalue weighted by Crippen LogP contribution is -2.35. The zero-order valence-electron chi connectivity index (χ0n) is 13.3. The van der Waals surface area contributed by atoms with Crippen molar-refractivity contribution in [3.63, 3.8) is 0 Å². The van der Waals surface area contributed by atoms with Gasteiger partial charge in [-0.25, -0.2) is 4.39 Å². The van der Waals surface area contributed by atoms with Crippen LogP contribution in [0.15, 0.2) is 22.7 Å². The van der Waals surface area contributed by atoms with Gasteiger partial charge in [0.15, 0.2) is 0 Å². The Hall–Kier alpha value is -0.410. The molecule has 20 heavy (non-hydrogen) atoms. The molecule has 2 atom stereocenters. The monoisotopic (exact) mass is 343 g/mol. The molecular weight excluding hydrogens is 317 g/mol. The molecule has 0 bridgehead atoms. The van der Waals surface area contributed by atoms with E-state index in [4.69, 9.17) is 0 Å². The van der Waals surface area contributed by atoms with Crippen LogP contribution in [0.25, 0.3) is 0 Å². The average Bonchev–Trinajstić information content (AvgIpc) is 2.31. The Morgan fingerprint density at radius 1 is 1.30 bits per heavy atom. The first-order valence-corrected chi connectivity index (χ1v) is 8.20. The van der Waals surface area contributed by atoms with Crippen molar-refractivity contribution in [3.05, 3.63) is 34.1 Å². The predicted molar refractivity (Wildman–Crippen MR) is 88.5 cm³/mol. The van der Waals surface area contributed by atoms with Gasteiger partial charge in [0.1, 0.15) is 5.82 Å². The van der Waals surface area contributed by atoms with Gasteiger partial charge in [-0.3, -0.25) is 0 Å². The van der Waals surface area contributed by atoms with Gasteiger partial charge in [0.05, 0.1) is 0 Å². The molecule has 0 amide bonds. The predicted octanol–water partition coefficient (Wildman–Crippen LogP) is 5.18. The van der Waals surface area contributed by atoms with Crippen molar-refractivity contribution in [1.29, 1.82) is 0 Å². The molecule has 1 rings (SSSR count). The maximum atomic E-state index is 13.2. The lowest BCUT2D eigenvalue weighted by Gasteiger charge is -2.31. The van der Waals surface area contributed by atoms with Gasteiger partial charge in [-0.15, -0.1) is 0 Å². The van der Waals surface area contributed by atoms with Crippen molar-refractivity contribution in [1.82, 2.24) is 5.32 Å². The van der Waals surface area contributed by atoms with E-state index in [1.807, 2.05) is 6.07 Å². The van der Waals surface area contributed by atoms with E-state index in [1.165, 1.54) is 11.6 Å². The quantitative estimate of drug-likeness (QED) is 0.750. The standard InChI is InChI=1S/C17H27BrFN/c1-6-20-15(9-12(2)17(3,4)5)10-13-7-8-14(19)11-16(13)18/h7-8,11-12,15,20H,6,9-10H2,1-5H3. The van der Waals surface area contributed by atoms with Crippen LogP contribution < -0.4 is 5.32 Å². The van der Waals surface area contributed by atoms with Crippen LogP contribution in [0, 0.1) is 17.2 Å².